The molecule has 0 aliphatic carbocycles. The van der Waals surface area contributed by atoms with Gasteiger partial charge in [0, 0.05) is 0 Å². The molecule has 0 aromatic heterocycles. The zero-order valence-electron chi connectivity index (χ0n) is 6.73. The third-order valence-corrected chi connectivity index (χ3v) is 4.38. The van der Waals surface area contributed by atoms with E-state index in [1.54, 1.807) is 0 Å². The second-order valence-electron chi connectivity index (χ2n) is 2.51. The molecule has 6 nitrogen and oxygen atoms in total. The average Bonchev–Trinajstić information content (AvgIpc) is 2.01. The van der Waals surface area contributed by atoms with Crippen LogP contribution in [0.25, 0.3) is 0 Å². The molecule has 1 aromatic rings. The van der Waals surface area contributed by atoms with Gasteiger partial charge in [0.2, 0.25) is 0 Å². The molecule has 1 rings (SSSR count). The van der Waals surface area contributed by atoms with Crippen molar-refractivity contribution in [2.75, 3.05) is 0 Å². The molecule has 3 N–H and O–H groups in total. The Morgan fingerprint density at radius 2 is 1.47 bits per heavy atom. The molecule has 0 fully saturated rings. The van der Waals surface area contributed by atoms with Crippen LogP contribution in [0.1, 0.15) is 0 Å². The molecule has 9 heteroatoms. The molecule has 0 atom stereocenters. The van der Waals surface area contributed by atoms with Gasteiger partial charge in [0.25, 0.3) is 0 Å². The first-order chi connectivity index (χ1) is 6.21. The molecule has 0 saturated heterocycles. The summed E-state index contributed by atoms with van der Waals surface area (Å²) in [6.45, 7) is 0. The van der Waals surface area contributed by atoms with Crippen molar-refractivity contribution in [1.29, 1.82) is 0 Å². The summed E-state index contributed by atoms with van der Waals surface area (Å²) in [5, 5.41) is 0. The Labute approximate surface area is 111 Å². The zero-order chi connectivity index (χ0) is 11.0. The molecule has 80 valence electrons. The normalized spacial score (nSPS) is 11.9. The first-order valence-electron chi connectivity index (χ1n) is 3.35. The van der Waals surface area contributed by atoms with E-state index in [1.165, 1.54) is 0 Å². The fourth-order valence-corrected chi connectivity index (χ4v) is 2.42. The molecule has 0 aliphatic rings. The van der Waals surface area contributed by atoms with Crippen LogP contribution < -0.4 is 4.35 Å². The van der Waals surface area contributed by atoms with Crippen LogP contribution in [0.15, 0.2) is 29.2 Å². The predicted molar refractivity (Wildman–Crippen MR) is 53.9 cm³/mol. The van der Waals surface area contributed by atoms with Gasteiger partial charge in [-0.05, 0) is 0 Å². The Hall–Kier alpha value is 0.408. The molecule has 0 unspecified atom stereocenters. The zero-order valence-corrected chi connectivity index (χ0v) is 9.42. The van der Waals surface area contributed by atoms with E-state index < -0.39 is 29.2 Å². The van der Waals surface area contributed by atoms with Gasteiger partial charge in [-0.1, -0.05) is 0 Å². The van der Waals surface area contributed by atoms with Crippen LogP contribution in [0, 0.1) is 0 Å². The van der Waals surface area contributed by atoms with Crippen molar-refractivity contribution < 1.29 is 24.9 Å². The van der Waals surface area contributed by atoms with Crippen LogP contribution in [0.4, 0.5) is 0 Å². The first-order valence-corrected chi connectivity index (χ1v) is 8.17. The summed E-state index contributed by atoms with van der Waals surface area (Å²) < 4.78 is 57.7. The second kappa shape index (κ2) is 5.16. The Balaban J connectivity index is 0.00000196. The van der Waals surface area contributed by atoms with Crippen molar-refractivity contribution in [2.45, 2.75) is 4.90 Å². The molecular weight excluding hydrogens is 298 g/mol. The van der Waals surface area contributed by atoms with Crippen molar-refractivity contribution in [3.05, 3.63) is 24.3 Å². The number of hydrogen-bond donors (Lipinski definition) is 3. The van der Waals surface area contributed by atoms with Gasteiger partial charge >= 0.3 is 112 Å². The summed E-state index contributed by atoms with van der Waals surface area (Å²) in [5.41, 5.74) is 0. The van der Waals surface area contributed by atoms with Gasteiger partial charge in [0.15, 0.2) is 0 Å². The molecule has 0 saturated carbocycles. The minimum atomic E-state index is -4.97. The number of hydrogen-bond acceptors (Lipinski definition) is 3. The molecular formula is C6H8AsNaO6S. The van der Waals surface area contributed by atoms with Crippen molar-refractivity contribution in [2.24, 2.45) is 0 Å². The van der Waals surface area contributed by atoms with Crippen LogP contribution in [0.5, 0.6) is 0 Å². The second-order valence-corrected chi connectivity index (χ2v) is 7.30. The third-order valence-electron chi connectivity index (χ3n) is 1.47. The van der Waals surface area contributed by atoms with Gasteiger partial charge in [-0.2, -0.15) is 0 Å². The molecule has 0 aliphatic heterocycles. The van der Waals surface area contributed by atoms with E-state index in [2.05, 4.69) is 0 Å². The topological polar surface area (TPSA) is 112 Å². The van der Waals surface area contributed by atoms with E-state index in [0.717, 1.165) is 24.3 Å². The van der Waals surface area contributed by atoms with Crippen LogP contribution in [-0.2, 0) is 13.9 Å². The van der Waals surface area contributed by atoms with Gasteiger partial charge in [-0.15, -0.1) is 0 Å². The molecule has 0 spiro atoms. The van der Waals surface area contributed by atoms with Gasteiger partial charge in [-0.25, -0.2) is 0 Å². The van der Waals surface area contributed by atoms with Crippen molar-refractivity contribution in [1.82, 2.24) is 0 Å². The Morgan fingerprint density at radius 3 is 1.73 bits per heavy atom. The van der Waals surface area contributed by atoms with Gasteiger partial charge in [0.1, 0.15) is 0 Å². The Morgan fingerprint density at radius 1 is 1.07 bits per heavy atom. The number of benzene rings is 1. The van der Waals surface area contributed by atoms with Gasteiger partial charge in [0.05, 0.1) is 0 Å². The maximum absolute atomic E-state index is 10.7. The van der Waals surface area contributed by atoms with Gasteiger partial charge < -0.3 is 0 Å². The molecule has 1 aromatic carbocycles. The monoisotopic (exact) mass is 306 g/mol. The van der Waals surface area contributed by atoms with E-state index in [9.17, 15) is 12.2 Å². The average molecular weight is 306 g/mol. The van der Waals surface area contributed by atoms with E-state index in [1.807, 2.05) is 0 Å². The van der Waals surface area contributed by atoms with Crippen LogP contribution in [0.2, 0.25) is 0 Å². The van der Waals surface area contributed by atoms with Crippen LogP contribution in [-0.4, -0.2) is 64.9 Å². The van der Waals surface area contributed by atoms with E-state index in [4.69, 9.17) is 12.7 Å². The maximum atomic E-state index is 10.7. The molecule has 15 heavy (non-hydrogen) atoms. The van der Waals surface area contributed by atoms with Gasteiger partial charge in [-0.3, -0.25) is 0 Å². The van der Waals surface area contributed by atoms with Crippen LogP contribution >= 0.6 is 0 Å². The van der Waals surface area contributed by atoms with Crippen molar-refractivity contribution in [3.63, 3.8) is 0 Å². The number of rotatable bonds is 2. The third kappa shape index (κ3) is 4.42. The van der Waals surface area contributed by atoms with E-state index in [0.29, 0.717) is 0 Å². The summed E-state index contributed by atoms with van der Waals surface area (Å²) >= 11 is -4.97. The summed E-state index contributed by atoms with van der Waals surface area (Å²) in [6, 6.07) is 3.82. The fourth-order valence-electron chi connectivity index (χ4n) is 0.812. The first kappa shape index (κ1) is 15.4. The minimum absolute atomic E-state index is 0. The molecule has 0 bridgehead atoms. The predicted octanol–water partition coefficient (Wildman–Crippen LogP) is -2.15. The standard InChI is InChI=1S/C6H7AsO6S.Na.H/c8-7(9,10)5-1-3-6(4-2-5)14(11,12)13;;/h1-4H,(H2,8,9,10)(H,11,12,13);;. The SMILES string of the molecule is O=S(=O)(O)c1ccc([As](=O)(O)O)cc1.[NaH]. The van der Waals surface area contributed by atoms with Crippen LogP contribution in [0.3, 0.4) is 0 Å². The molecule has 0 amide bonds. The quantitative estimate of drug-likeness (QED) is 0.424. The molecule has 0 radical (unpaired) electrons. The summed E-state index contributed by atoms with van der Waals surface area (Å²) in [4.78, 5) is -0.398. The van der Waals surface area contributed by atoms with E-state index in [-0.39, 0.29) is 33.9 Å². The van der Waals surface area contributed by atoms with Crippen molar-refractivity contribution >= 4 is 58.2 Å². The Bertz CT molecular complexity index is 475. The fraction of sp³-hybridized carbons (Fsp3) is 0. The summed E-state index contributed by atoms with van der Waals surface area (Å²) in [6.07, 6.45) is 0. The Kier molecular flexibility index (Phi) is 5.30. The molecule has 0 heterocycles. The van der Waals surface area contributed by atoms with E-state index >= 15 is 0 Å². The van der Waals surface area contributed by atoms with Crippen molar-refractivity contribution in [3.8, 4) is 0 Å². The summed E-state index contributed by atoms with van der Waals surface area (Å²) in [7, 11) is -4.31. The summed E-state index contributed by atoms with van der Waals surface area (Å²) in [5.74, 6) is 0.